The first kappa shape index (κ1) is 10.7. The number of hydrogen-bond acceptors (Lipinski definition) is 1. The van der Waals surface area contributed by atoms with Crippen LogP contribution < -0.4 is 0 Å². The first-order valence-electron chi connectivity index (χ1n) is 6.27. The highest BCUT2D eigenvalue weighted by molar-refractivity contribution is 5.27. The molecule has 1 heteroatoms. The smallest absolute Gasteiger partial charge is 0.0469 e. The van der Waals surface area contributed by atoms with Crippen molar-refractivity contribution in [3.8, 4) is 0 Å². The molecule has 1 saturated carbocycles. The van der Waals surface area contributed by atoms with E-state index in [4.69, 9.17) is 0 Å². The molecule has 0 aromatic carbocycles. The summed E-state index contributed by atoms with van der Waals surface area (Å²) in [7, 11) is 0. The Labute approximate surface area is 92.9 Å². The molecule has 1 heterocycles. The Bertz CT molecular complexity index is 313. The van der Waals surface area contributed by atoms with E-state index in [1.54, 1.807) is 0 Å². The minimum Gasteiger partial charge on any atom is -0.261 e. The van der Waals surface area contributed by atoms with Crippen molar-refractivity contribution in [1.29, 1.82) is 0 Å². The zero-order valence-corrected chi connectivity index (χ0v) is 9.87. The number of aromatic nitrogens is 1. The van der Waals surface area contributed by atoms with Crippen LogP contribution in [-0.2, 0) is 0 Å². The lowest BCUT2D eigenvalue weighted by molar-refractivity contribution is 0.649. The second-order valence-corrected chi connectivity index (χ2v) is 4.77. The molecule has 15 heavy (non-hydrogen) atoms. The predicted molar refractivity (Wildman–Crippen MR) is 64.2 cm³/mol. The van der Waals surface area contributed by atoms with Gasteiger partial charge < -0.3 is 0 Å². The van der Waals surface area contributed by atoms with Gasteiger partial charge in [0.2, 0.25) is 0 Å². The second-order valence-electron chi connectivity index (χ2n) is 4.77. The molecule has 0 amide bonds. The molecular weight excluding hydrogens is 182 g/mol. The lowest BCUT2D eigenvalue weighted by Crippen LogP contribution is -2.04. The van der Waals surface area contributed by atoms with E-state index in [2.05, 4.69) is 31.0 Å². The minimum atomic E-state index is 0.661. The van der Waals surface area contributed by atoms with Gasteiger partial charge in [-0.15, -0.1) is 0 Å². The molecule has 1 aromatic heterocycles. The molecule has 0 spiro atoms. The lowest BCUT2D eigenvalue weighted by Gasteiger charge is -2.17. The lowest BCUT2D eigenvalue weighted by atomic mass is 9.90. The SMILES string of the molecule is CCC(C)c1cccnc1C1CCCC1. The fourth-order valence-electron chi connectivity index (χ4n) is 2.61. The summed E-state index contributed by atoms with van der Waals surface area (Å²) in [6.45, 7) is 4.57. The van der Waals surface area contributed by atoms with Crippen LogP contribution in [0.15, 0.2) is 18.3 Å². The molecule has 0 aliphatic heterocycles. The number of rotatable bonds is 3. The van der Waals surface area contributed by atoms with Crippen LogP contribution in [0.5, 0.6) is 0 Å². The Morgan fingerprint density at radius 1 is 1.40 bits per heavy atom. The van der Waals surface area contributed by atoms with Gasteiger partial charge in [-0.2, -0.15) is 0 Å². The van der Waals surface area contributed by atoms with E-state index >= 15 is 0 Å². The molecule has 1 aromatic rings. The van der Waals surface area contributed by atoms with E-state index in [0.29, 0.717) is 5.92 Å². The van der Waals surface area contributed by atoms with Gasteiger partial charge in [0.1, 0.15) is 0 Å². The minimum absolute atomic E-state index is 0.661. The topological polar surface area (TPSA) is 12.9 Å². The van der Waals surface area contributed by atoms with Crippen molar-refractivity contribution >= 4 is 0 Å². The Morgan fingerprint density at radius 2 is 2.13 bits per heavy atom. The molecule has 1 fully saturated rings. The van der Waals surface area contributed by atoms with E-state index in [0.717, 1.165) is 5.92 Å². The van der Waals surface area contributed by atoms with Crippen molar-refractivity contribution in [1.82, 2.24) is 4.98 Å². The molecule has 1 atom stereocenters. The molecule has 1 aliphatic carbocycles. The number of nitrogens with zero attached hydrogens (tertiary/aromatic N) is 1. The van der Waals surface area contributed by atoms with Crippen LogP contribution in [0.2, 0.25) is 0 Å². The summed E-state index contributed by atoms with van der Waals surface area (Å²) < 4.78 is 0. The van der Waals surface area contributed by atoms with E-state index in [9.17, 15) is 0 Å². The molecule has 1 unspecified atom stereocenters. The standard InChI is InChI=1S/C14H21N/c1-3-11(2)13-9-6-10-15-14(13)12-7-4-5-8-12/h6,9-12H,3-5,7-8H2,1-2H3. The number of pyridine rings is 1. The van der Waals surface area contributed by atoms with Crippen LogP contribution in [0, 0.1) is 0 Å². The predicted octanol–water partition coefficient (Wildman–Crippen LogP) is 4.25. The Kier molecular flexibility index (Phi) is 3.40. The van der Waals surface area contributed by atoms with Gasteiger partial charge in [0, 0.05) is 17.8 Å². The van der Waals surface area contributed by atoms with Gasteiger partial charge in [0.05, 0.1) is 0 Å². The largest absolute Gasteiger partial charge is 0.261 e. The van der Waals surface area contributed by atoms with Crippen molar-refractivity contribution in [2.75, 3.05) is 0 Å². The van der Waals surface area contributed by atoms with Gasteiger partial charge in [-0.1, -0.05) is 32.8 Å². The maximum Gasteiger partial charge on any atom is 0.0469 e. The average Bonchev–Trinajstić information content (AvgIpc) is 2.81. The van der Waals surface area contributed by atoms with Crippen molar-refractivity contribution in [2.45, 2.75) is 57.8 Å². The van der Waals surface area contributed by atoms with Crippen LogP contribution >= 0.6 is 0 Å². The van der Waals surface area contributed by atoms with E-state index in [1.165, 1.54) is 43.4 Å². The second kappa shape index (κ2) is 4.78. The molecule has 1 nitrogen and oxygen atoms in total. The highest BCUT2D eigenvalue weighted by Crippen LogP contribution is 2.36. The van der Waals surface area contributed by atoms with Crippen LogP contribution in [-0.4, -0.2) is 4.98 Å². The van der Waals surface area contributed by atoms with Crippen molar-refractivity contribution in [3.05, 3.63) is 29.6 Å². The first-order valence-corrected chi connectivity index (χ1v) is 6.27. The van der Waals surface area contributed by atoms with Gasteiger partial charge in [0.15, 0.2) is 0 Å². The fraction of sp³-hybridized carbons (Fsp3) is 0.643. The monoisotopic (exact) mass is 203 g/mol. The summed E-state index contributed by atoms with van der Waals surface area (Å²) in [5, 5.41) is 0. The van der Waals surface area contributed by atoms with Crippen LogP contribution in [0.25, 0.3) is 0 Å². The third-order valence-electron chi connectivity index (χ3n) is 3.76. The Balaban J connectivity index is 2.28. The normalized spacial score (nSPS) is 19.3. The molecule has 1 aliphatic rings. The fourth-order valence-corrected chi connectivity index (χ4v) is 2.61. The molecule has 0 saturated heterocycles. The van der Waals surface area contributed by atoms with Gasteiger partial charge in [0.25, 0.3) is 0 Å². The van der Waals surface area contributed by atoms with Crippen molar-refractivity contribution in [3.63, 3.8) is 0 Å². The van der Waals surface area contributed by atoms with E-state index in [-0.39, 0.29) is 0 Å². The highest BCUT2D eigenvalue weighted by Gasteiger charge is 2.22. The molecular formula is C14H21N. The summed E-state index contributed by atoms with van der Waals surface area (Å²) in [6, 6.07) is 4.36. The third kappa shape index (κ3) is 2.22. The van der Waals surface area contributed by atoms with Crippen LogP contribution in [0.4, 0.5) is 0 Å². The summed E-state index contributed by atoms with van der Waals surface area (Å²) in [5.74, 6) is 1.41. The maximum absolute atomic E-state index is 4.63. The Hall–Kier alpha value is -0.850. The summed E-state index contributed by atoms with van der Waals surface area (Å²) in [4.78, 5) is 4.63. The number of hydrogen-bond donors (Lipinski definition) is 0. The van der Waals surface area contributed by atoms with Gasteiger partial charge >= 0.3 is 0 Å². The summed E-state index contributed by atoms with van der Waals surface area (Å²) in [5.41, 5.74) is 2.89. The molecule has 82 valence electrons. The van der Waals surface area contributed by atoms with Gasteiger partial charge in [-0.3, -0.25) is 4.98 Å². The first-order chi connectivity index (χ1) is 7.33. The van der Waals surface area contributed by atoms with E-state index in [1.807, 2.05) is 6.20 Å². The summed E-state index contributed by atoms with van der Waals surface area (Å²) in [6.07, 6.45) is 8.65. The molecule has 0 bridgehead atoms. The van der Waals surface area contributed by atoms with Gasteiger partial charge in [-0.25, -0.2) is 0 Å². The maximum atomic E-state index is 4.63. The molecule has 2 rings (SSSR count). The van der Waals surface area contributed by atoms with Crippen molar-refractivity contribution in [2.24, 2.45) is 0 Å². The Morgan fingerprint density at radius 3 is 2.80 bits per heavy atom. The zero-order valence-electron chi connectivity index (χ0n) is 9.87. The molecule has 0 radical (unpaired) electrons. The highest BCUT2D eigenvalue weighted by atomic mass is 14.7. The van der Waals surface area contributed by atoms with Gasteiger partial charge in [-0.05, 0) is 36.8 Å². The molecule has 0 N–H and O–H groups in total. The summed E-state index contributed by atoms with van der Waals surface area (Å²) >= 11 is 0. The zero-order chi connectivity index (χ0) is 10.7. The third-order valence-corrected chi connectivity index (χ3v) is 3.76. The quantitative estimate of drug-likeness (QED) is 0.715. The van der Waals surface area contributed by atoms with Crippen LogP contribution in [0.3, 0.4) is 0 Å². The van der Waals surface area contributed by atoms with E-state index < -0.39 is 0 Å². The van der Waals surface area contributed by atoms with Crippen LogP contribution in [0.1, 0.15) is 69.0 Å². The van der Waals surface area contributed by atoms with Crippen molar-refractivity contribution < 1.29 is 0 Å². The average molecular weight is 203 g/mol.